The molecular formula is C41H58N2O10. The number of hydrogen-bond acceptors (Lipinski definition) is 12. The van der Waals surface area contributed by atoms with E-state index in [0.29, 0.717) is 92.2 Å². The van der Waals surface area contributed by atoms with Gasteiger partial charge in [0.15, 0.2) is 0 Å². The van der Waals surface area contributed by atoms with Crippen LogP contribution in [0, 0.1) is 11.8 Å². The van der Waals surface area contributed by atoms with Gasteiger partial charge in [-0.3, -0.25) is 0 Å². The van der Waals surface area contributed by atoms with E-state index >= 15 is 0 Å². The number of benzene rings is 3. The second-order valence-corrected chi connectivity index (χ2v) is 11.8. The molecule has 0 radical (unpaired) electrons. The van der Waals surface area contributed by atoms with Crippen molar-refractivity contribution in [2.75, 3.05) is 142 Å². The average molecular weight is 739 g/mol. The summed E-state index contributed by atoms with van der Waals surface area (Å²) in [6, 6.07) is 26.8. The van der Waals surface area contributed by atoms with Crippen molar-refractivity contribution in [1.29, 1.82) is 0 Å². The fraction of sp³-hybridized carbons (Fsp3) is 0.512. The van der Waals surface area contributed by atoms with E-state index in [0.717, 1.165) is 28.1 Å². The summed E-state index contributed by atoms with van der Waals surface area (Å²) in [4.78, 5) is 4.39. The van der Waals surface area contributed by atoms with Crippen molar-refractivity contribution in [3.8, 4) is 11.8 Å². The lowest BCUT2D eigenvalue weighted by molar-refractivity contribution is 0.0347. The van der Waals surface area contributed by atoms with Crippen LogP contribution in [0.3, 0.4) is 0 Å². The van der Waals surface area contributed by atoms with E-state index in [-0.39, 0.29) is 45.6 Å². The van der Waals surface area contributed by atoms with Gasteiger partial charge in [0, 0.05) is 43.1 Å². The van der Waals surface area contributed by atoms with Gasteiger partial charge in [0.1, 0.15) is 0 Å². The maximum Gasteiger partial charge on any atom is 0.0705 e. The van der Waals surface area contributed by atoms with Gasteiger partial charge in [0.2, 0.25) is 0 Å². The molecule has 3 aromatic carbocycles. The van der Waals surface area contributed by atoms with E-state index in [2.05, 4.69) is 70.2 Å². The third-order valence-corrected chi connectivity index (χ3v) is 8.03. The largest absolute Gasteiger partial charge is 0.394 e. The van der Waals surface area contributed by atoms with Crippen molar-refractivity contribution >= 4 is 11.4 Å². The first-order valence-corrected chi connectivity index (χ1v) is 18.4. The van der Waals surface area contributed by atoms with E-state index in [1.54, 1.807) is 0 Å². The van der Waals surface area contributed by atoms with Crippen molar-refractivity contribution in [1.82, 2.24) is 0 Å². The molecule has 0 spiro atoms. The third-order valence-electron chi connectivity index (χ3n) is 8.03. The Hall–Kier alpha value is -3.58. The Balaban J connectivity index is 1.78. The summed E-state index contributed by atoms with van der Waals surface area (Å²) in [5.74, 6) is 6.71. The van der Waals surface area contributed by atoms with E-state index < -0.39 is 0 Å². The Morgan fingerprint density at radius 1 is 0.415 bits per heavy atom. The summed E-state index contributed by atoms with van der Waals surface area (Å²) in [6.07, 6.45) is 0. The summed E-state index contributed by atoms with van der Waals surface area (Å²) < 4.78 is 33.3. The molecule has 0 aliphatic rings. The van der Waals surface area contributed by atoms with Crippen molar-refractivity contribution in [2.24, 2.45) is 0 Å². The lowest BCUT2D eigenvalue weighted by atomic mass is 9.91. The highest BCUT2D eigenvalue weighted by Crippen LogP contribution is 2.28. The average Bonchev–Trinajstić information content (AvgIpc) is 3.20. The van der Waals surface area contributed by atoms with E-state index in [4.69, 9.17) is 48.8 Å². The second kappa shape index (κ2) is 28.9. The first-order chi connectivity index (χ1) is 26.2. The van der Waals surface area contributed by atoms with Gasteiger partial charge in [-0.05, 0) is 47.5 Å². The lowest BCUT2D eigenvalue weighted by Gasteiger charge is -2.26. The van der Waals surface area contributed by atoms with Gasteiger partial charge in [0.05, 0.1) is 112 Å². The first kappa shape index (κ1) is 43.8. The molecule has 292 valence electrons. The first-order valence-electron chi connectivity index (χ1n) is 18.4. The quantitative estimate of drug-likeness (QED) is 0.0590. The highest BCUT2D eigenvalue weighted by atomic mass is 16.5. The number of nitrogens with zero attached hydrogens (tertiary/aromatic N) is 2. The maximum absolute atomic E-state index is 9.15. The van der Waals surface area contributed by atoms with Gasteiger partial charge in [-0.15, -0.1) is 0 Å². The normalized spacial score (nSPS) is 11.1. The molecule has 0 aromatic heterocycles. The van der Waals surface area contributed by atoms with E-state index in [1.807, 2.05) is 30.3 Å². The second-order valence-electron chi connectivity index (χ2n) is 11.8. The van der Waals surface area contributed by atoms with Crippen LogP contribution in [-0.4, -0.2) is 152 Å². The molecule has 0 aliphatic heterocycles. The molecule has 0 atom stereocenters. The van der Waals surface area contributed by atoms with Crippen LogP contribution < -0.4 is 9.80 Å². The molecule has 0 unspecified atom stereocenters. The standard InChI is InChI=1S/C41H58N2O10/c44-20-28-48-24-16-42(18-26-50-32-34-52-30-22-46)39-11-7-37(8-12-39)41(15-6-36-4-2-1-3-5-36)38-9-13-40(14-10-38)43(17-25-49-29-21-45)19-27-51-33-35-53-31-23-47/h1-5,7-14,41,44-47H,16-35H2. The summed E-state index contributed by atoms with van der Waals surface area (Å²) in [5, 5.41) is 36.1. The van der Waals surface area contributed by atoms with Crippen LogP contribution in [0.15, 0.2) is 78.9 Å². The molecule has 0 amide bonds. The number of anilines is 2. The minimum atomic E-state index is -0.189. The molecule has 0 fully saturated rings. The van der Waals surface area contributed by atoms with E-state index in [1.165, 1.54) is 0 Å². The minimum Gasteiger partial charge on any atom is -0.394 e. The molecular weight excluding hydrogens is 680 g/mol. The van der Waals surface area contributed by atoms with Crippen LogP contribution in [0.25, 0.3) is 0 Å². The SMILES string of the molecule is OCCOCCOCCN(CCOCCO)c1ccc(C(C#Cc2ccccc2)c2ccc(N(CCOCCO)CCOCCOCCO)cc2)cc1. The van der Waals surface area contributed by atoms with Gasteiger partial charge >= 0.3 is 0 Å². The monoisotopic (exact) mass is 738 g/mol. The van der Waals surface area contributed by atoms with Crippen molar-refractivity contribution in [3.05, 3.63) is 95.6 Å². The molecule has 0 saturated carbocycles. The highest BCUT2D eigenvalue weighted by molar-refractivity contribution is 5.54. The molecule has 0 bridgehead atoms. The molecule has 4 N–H and O–H groups in total. The van der Waals surface area contributed by atoms with Gasteiger partial charge in [-0.25, -0.2) is 0 Å². The lowest BCUT2D eigenvalue weighted by Crippen LogP contribution is -2.31. The molecule has 0 aliphatic carbocycles. The molecule has 0 heterocycles. The summed E-state index contributed by atoms with van der Waals surface area (Å²) in [7, 11) is 0. The van der Waals surface area contributed by atoms with Crippen molar-refractivity contribution < 1.29 is 48.8 Å². The summed E-state index contributed by atoms with van der Waals surface area (Å²) >= 11 is 0. The van der Waals surface area contributed by atoms with Crippen LogP contribution in [0.1, 0.15) is 22.6 Å². The van der Waals surface area contributed by atoms with Crippen LogP contribution >= 0.6 is 0 Å². The molecule has 0 saturated heterocycles. The Morgan fingerprint density at radius 3 is 1.11 bits per heavy atom. The predicted molar refractivity (Wildman–Crippen MR) is 206 cm³/mol. The smallest absolute Gasteiger partial charge is 0.0705 e. The zero-order valence-corrected chi connectivity index (χ0v) is 30.9. The molecule has 53 heavy (non-hydrogen) atoms. The fourth-order valence-electron chi connectivity index (χ4n) is 5.34. The molecule has 3 rings (SSSR count). The highest BCUT2D eigenvalue weighted by Gasteiger charge is 2.15. The Labute approximate surface area is 314 Å². The van der Waals surface area contributed by atoms with Gasteiger partial charge in [-0.2, -0.15) is 0 Å². The van der Waals surface area contributed by atoms with Gasteiger partial charge in [-0.1, -0.05) is 54.3 Å². The summed E-state index contributed by atoms with van der Waals surface area (Å²) in [5.41, 5.74) is 5.10. The Bertz CT molecular complexity index is 1290. The topological polar surface area (TPSA) is 143 Å². The van der Waals surface area contributed by atoms with Crippen molar-refractivity contribution in [3.63, 3.8) is 0 Å². The number of hydrogen-bond donors (Lipinski definition) is 4. The Morgan fingerprint density at radius 2 is 0.755 bits per heavy atom. The number of ether oxygens (including phenoxy) is 6. The fourth-order valence-corrected chi connectivity index (χ4v) is 5.34. The number of aliphatic hydroxyl groups is 4. The predicted octanol–water partition coefficient (Wildman–Crippen LogP) is 2.55. The molecule has 12 heteroatoms. The third kappa shape index (κ3) is 18.3. The zero-order valence-electron chi connectivity index (χ0n) is 30.9. The summed E-state index contributed by atoms with van der Waals surface area (Å²) in [6.45, 7) is 7.32. The Kier molecular flexibility index (Phi) is 23.9. The van der Waals surface area contributed by atoms with Crippen molar-refractivity contribution in [2.45, 2.75) is 5.92 Å². The zero-order chi connectivity index (χ0) is 37.6. The van der Waals surface area contributed by atoms with Crippen LogP contribution in [-0.2, 0) is 28.4 Å². The van der Waals surface area contributed by atoms with Gasteiger partial charge < -0.3 is 58.6 Å². The maximum atomic E-state index is 9.15. The van der Waals surface area contributed by atoms with E-state index in [9.17, 15) is 0 Å². The van der Waals surface area contributed by atoms with Crippen LogP contribution in [0.4, 0.5) is 11.4 Å². The van der Waals surface area contributed by atoms with Crippen LogP contribution in [0.5, 0.6) is 0 Å². The van der Waals surface area contributed by atoms with Gasteiger partial charge in [0.25, 0.3) is 0 Å². The molecule has 3 aromatic rings. The number of rotatable bonds is 30. The molecule has 12 nitrogen and oxygen atoms in total. The minimum absolute atomic E-state index is 0.0103. The van der Waals surface area contributed by atoms with Crippen LogP contribution in [0.2, 0.25) is 0 Å². The number of aliphatic hydroxyl groups excluding tert-OH is 4.